The van der Waals surface area contributed by atoms with Crippen molar-refractivity contribution in [3.8, 4) is 0 Å². The van der Waals surface area contributed by atoms with Crippen LogP contribution in [0.15, 0.2) is 22.7 Å². The van der Waals surface area contributed by atoms with Crippen LogP contribution in [0.5, 0.6) is 0 Å². The molecule has 1 fully saturated rings. The van der Waals surface area contributed by atoms with E-state index in [2.05, 4.69) is 15.9 Å². The van der Waals surface area contributed by atoms with Gasteiger partial charge in [0.05, 0.1) is 0 Å². The van der Waals surface area contributed by atoms with Crippen LogP contribution in [0.2, 0.25) is 0 Å². The Morgan fingerprint density at radius 1 is 1.48 bits per heavy atom. The molecule has 4 nitrogen and oxygen atoms in total. The lowest BCUT2D eigenvalue weighted by Crippen LogP contribution is -2.47. The fourth-order valence-electron chi connectivity index (χ4n) is 3.14. The van der Waals surface area contributed by atoms with Gasteiger partial charge in [-0.15, -0.1) is 0 Å². The first-order valence-corrected chi connectivity index (χ1v) is 8.37. The van der Waals surface area contributed by atoms with E-state index >= 15 is 0 Å². The standard InChI is InChI=1S/C17H19BrFNO3/c1-16(2,3)23-14(21)8-20-9-17(7-13(17)19)12-6-10(18)4-5-11(12)15(20)22/h4-6,13H,7-9H2,1-3H3/t13-,17?/m0/s1. The van der Waals surface area contributed by atoms with E-state index in [9.17, 15) is 14.0 Å². The zero-order valence-corrected chi connectivity index (χ0v) is 14.9. The van der Waals surface area contributed by atoms with Crippen molar-refractivity contribution in [3.63, 3.8) is 0 Å². The first-order valence-electron chi connectivity index (χ1n) is 7.58. The highest BCUT2D eigenvalue weighted by atomic mass is 79.9. The third-order valence-electron chi connectivity index (χ3n) is 4.23. The van der Waals surface area contributed by atoms with Gasteiger partial charge in [0.25, 0.3) is 5.91 Å². The summed E-state index contributed by atoms with van der Waals surface area (Å²) in [6.07, 6.45) is -0.598. The number of carbonyl (C=O) groups is 2. The minimum atomic E-state index is -0.982. The number of rotatable bonds is 2. The Morgan fingerprint density at radius 3 is 2.70 bits per heavy atom. The quantitative estimate of drug-likeness (QED) is 0.736. The molecule has 1 amide bonds. The van der Waals surface area contributed by atoms with E-state index in [0.29, 0.717) is 12.0 Å². The van der Waals surface area contributed by atoms with Gasteiger partial charge in [-0.25, -0.2) is 4.39 Å². The Morgan fingerprint density at radius 2 is 2.13 bits per heavy atom. The predicted octanol–water partition coefficient (Wildman–Crippen LogP) is 3.23. The summed E-state index contributed by atoms with van der Waals surface area (Å²) in [5, 5.41) is 0. The van der Waals surface area contributed by atoms with Crippen LogP contribution in [0.4, 0.5) is 4.39 Å². The molecule has 0 saturated heterocycles. The van der Waals surface area contributed by atoms with Crippen LogP contribution in [0, 0.1) is 0 Å². The molecule has 1 aromatic rings. The molecular weight excluding hydrogens is 365 g/mol. The minimum absolute atomic E-state index is 0.153. The number of nitrogens with zero attached hydrogens (tertiary/aromatic N) is 1. The molecule has 2 atom stereocenters. The first kappa shape index (κ1) is 16.4. The topological polar surface area (TPSA) is 46.6 Å². The van der Waals surface area contributed by atoms with Gasteiger partial charge in [0.1, 0.15) is 18.3 Å². The van der Waals surface area contributed by atoms with Gasteiger partial charge in [0.15, 0.2) is 0 Å². The van der Waals surface area contributed by atoms with Crippen LogP contribution in [-0.2, 0) is 14.9 Å². The van der Waals surface area contributed by atoms with E-state index in [1.165, 1.54) is 4.90 Å². The van der Waals surface area contributed by atoms with E-state index in [0.717, 1.165) is 10.0 Å². The van der Waals surface area contributed by atoms with Crippen molar-refractivity contribution in [2.45, 2.75) is 44.4 Å². The Balaban J connectivity index is 1.87. The van der Waals surface area contributed by atoms with Crippen molar-refractivity contribution in [1.82, 2.24) is 4.90 Å². The maximum atomic E-state index is 14.1. The SMILES string of the molecule is CC(C)(C)OC(=O)CN1CC2(C[C@@H]2F)c2cc(Br)ccc2C1=O. The fraction of sp³-hybridized carbons (Fsp3) is 0.529. The zero-order valence-electron chi connectivity index (χ0n) is 13.4. The van der Waals surface area contributed by atoms with Crippen molar-refractivity contribution in [3.05, 3.63) is 33.8 Å². The molecule has 1 aromatic carbocycles. The molecule has 0 aromatic heterocycles. The van der Waals surface area contributed by atoms with Gasteiger partial charge in [-0.2, -0.15) is 0 Å². The number of carbonyl (C=O) groups excluding carboxylic acids is 2. The molecule has 0 bridgehead atoms. The van der Waals surface area contributed by atoms with E-state index < -0.39 is 23.2 Å². The second-order valence-corrected chi connectivity index (χ2v) is 8.18. The van der Waals surface area contributed by atoms with Crippen LogP contribution in [0.3, 0.4) is 0 Å². The van der Waals surface area contributed by atoms with Crippen molar-refractivity contribution in [1.29, 1.82) is 0 Å². The van der Waals surface area contributed by atoms with Crippen LogP contribution >= 0.6 is 15.9 Å². The number of alkyl halides is 1. The Labute approximate surface area is 143 Å². The first-order chi connectivity index (χ1) is 10.6. The molecule has 1 aliphatic carbocycles. The van der Waals surface area contributed by atoms with Gasteiger partial charge in [-0.3, -0.25) is 9.59 Å². The predicted molar refractivity (Wildman–Crippen MR) is 87.1 cm³/mol. The number of amides is 1. The second-order valence-electron chi connectivity index (χ2n) is 7.27. The maximum absolute atomic E-state index is 14.1. The molecule has 0 radical (unpaired) electrons. The van der Waals surface area contributed by atoms with Crippen LogP contribution < -0.4 is 0 Å². The molecule has 1 spiro atoms. The molecule has 0 N–H and O–H groups in total. The van der Waals surface area contributed by atoms with Crippen molar-refractivity contribution in [2.24, 2.45) is 0 Å². The van der Waals surface area contributed by atoms with Crippen molar-refractivity contribution < 1.29 is 18.7 Å². The van der Waals surface area contributed by atoms with Crippen molar-refractivity contribution >= 4 is 27.8 Å². The number of hydrogen-bond acceptors (Lipinski definition) is 3. The van der Waals surface area contributed by atoms with Crippen molar-refractivity contribution in [2.75, 3.05) is 13.1 Å². The minimum Gasteiger partial charge on any atom is -0.459 e. The summed E-state index contributed by atoms with van der Waals surface area (Å²) in [7, 11) is 0. The molecular formula is C17H19BrFNO3. The molecule has 124 valence electrons. The zero-order chi connectivity index (χ0) is 17.0. The molecule has 6 heteroatoms. The highest BCUT2D eigenvalue weighted by Gasteiger charge is 2.61. The molecule has 23 heavy (non-hydrogen) atoms. The highest BCUT2D eigenvalue weighted by molar-refractivity contribution is 9.10. The molecule has 3 rings (SSSR count). The summed E-state index contributed by atoms with van der Waals surface area (Å²) in [5.41, 5.74) is -0.0684. The fourth-order valence-corrected chi connectivity index (χ4v) is 3.50. The van der Waals surface area contributed by atoms with Crippen LogP contribution in [0.25, 0.3) is 0 Å². The normalized spacial score (nSPS) is 26.2. The lowest BCUT2D eigenvalue weighted by atomic mass is 9.86. The smallest absolute Gasteiger partial charge is 0.326 e. The van der Waals surface area contributed by atoms with Gasteiger partial charge < -0.3 is 9.64 Å². The van der Waals surface area contributed by atoms with E-state index in [4.69, 9.17) is 4.74 Å². The summed E-state index contributed by atoms with van der Waals surface area (Å²) >= 11 is 3.38. The number of hydrogen-bond donors (Lipinski definition) is 0. The number of fused-ring (bicyclic) bond motifs is 2. The summed E-state index contributed by atoms with van der Waals surface area (Å²) in [6.45, 7) is 5.39. The molecule has 2 aliphatic rings. The average Bonchev–Trinajstić information content (AvgIpc) is 3.04. The maximum Gasteiger partial charge on any atom is 0.326 e. The monoisotopic (exact) mass is 383 g/mol. The second kappa shape index (κ2) is 5.30. The van der Waals surface area contributed by atoms with Gasteiger partial charge in [-0.1, -0.05) is 15.9 Å². The highest BCUT2D eigenvalue weighted by Crippen LogP contribution is 2.54. The molecule has 1 unspecified atom stereocenters. The van der Waals surface area contributed by atoms with Gasteiger partial charge in [0, 0.05) is 22.0 Å². The van der Waals surface area contributed by atoms with E-state index in [-0.39, 0.29) is 19.0 Å². The van der Waals surface area contributed by atoms with Crippen LogP contribution in [-0.4, -0.2) is 41.6 Å². The summed E-state index contributed by atoms with van der Waals surface area (Å²) < 4.78 is 20.2. The summed E-state index contributed by atoms with van der Waals surface area (Å²) in [5.74, 6) is -0.722. The lowest BCUT2D eigenvalue weighted by Gasteiger charge is -2.34. The van der Waals surface area contributed by atoms with Gasteiger partial charge in [0.2, 0.25) is 0 Å². The van der Waals surface area contributed by atoms with Crippen LogP contribution in [0.1, 0.15) is 43.1 Å². The number of halogens is 2. The average molecular weight is 384 g/mol. The molecule has 1 saturated carbocycles. The number of benzene rings is 1. The van der Waals surface area contributed by atoms with Gasteiger partial charge >= 0.3 is 5.97 Å². The summed E-state index contributed by atoms with van der Waals surface area (Å²) in [4.78, 5) is 26.1. The Hall–Kier alpha value is -1.43. The number of ether oxygens (including phenoxy) is 1. The molecule has 1 heterocycles. The van der Waals surface area contributed by atoms with E-state index in [1.54, 1.807) is 32.9 Å². The summed E-state index contributed by atoms with van der Waals surface area (Å²) in [6, 6.07) is 5.27. The molecule has 1 aliphatic heterocycles. The third kappa shape index (κ3) is 3.01. The Kier molecular flexibility index (Phi) is 3.78. The van der Waals surface area contributed by atoms with Gasteiger partial charge in [-0.05, 0) is 51.0 Å². The largest absolute Gasteiger partial charge is 0.459 e. The lowest BCUT2D eigenvalue weighted by molar-refractivity contribution is -0.155. The third-order valence-corrected chi connectivity index (χ3v) is 4.72. The Bertz CT molecular complexity index is 685. The van der Waals surface area contributed by atoms with E-state index in [1.807, 2.05) is 6.07 Å². The number of esters is 1.